The Morgan fingerprint density at radius 1 is 1.36 bits per heavy atom. The van der Waals surface area contributed by atoms with Crippen molar-refractivity contribution in [2.45, 2.75) is 19.8 Å². The largest absolute Gasteiger partial charge is 0.466 e. The van der Waals surface area contributed by atoms with Gasteiger partial charge in [0.05, 0.1) is 17.5 Å². The third kappa shape index (κ3) is 4.39. The van der Waals surface area contributed by atoms with E-state index in [1.54, 1.807) is 18.2 Å². The number of carbonyl (C=O) groups excluding carboxylic acids is 1. The third-order valence-corrected chi connectivity index (χ3v) is 4.36. The smallest absolute Gasteiger partial charge is 0.310 e. The van der Waals surface area contributed by atoms with Gasteiger partial charge >= 0.3 is 5.97 Å². The van der Waals surface area contributed by atoms with Gasteiger partial charge in [0, 0.05) is 19.2 Å². The Kier molecular flexibility index (Phi) is 5.71. The molecule has 1 aliphatic heterocycles. The van der Waals surface area contributed by atoms with Crippen LogP contribution in [0.5, 0.6) is 11.6 Å². The van der Waals surface area contributed by atoms with Crippen molar-refractivity contribution in [1.82, 2.24) is 9.97 Å². The SMILES string of the molecule is CCOC(=O)[C@H]1CCCN(c2cc(Oc3ccccc3Cl)ncn2)C1. The number of benzene rings is 1. The fourth-order valence-corrected chi connectivity index (χ4v) is 3.01. The number of aromatic nitrogens is 2. The highest BCUT2D eigenvalue weighted by molar-refractivity contribution is 6.32. The van der Waals surface area contributed by atoms with Gasteiger partial charge in [-0.3, -0.25) is 4.79 Å². The first-order valence-corrected chi connectivity index (χ1v) is 8.71. The zero-order valence-corrected chi connectivity index (χ0v) is 14.8. The molecular formula is C18H20ClN3O3. The molecule has 1 aromatic carbocycles. The molecule has 0 N–H and O–H groups in total. The average Bonchev–Trinajstić information content (AvgIpc) is 2.64. The normalized spacial score (nSPS) is 17.2. The first kappa shape index (κ1) is 17.5. The average molecular weight is 362 g/mol. The molecule has 0 radical (unpaired) electrons. The van der Waals surface area contributed by atoms with Crippen LogP contribution in [-0.4, -0.2) is 35.6 Å². The second-order valence-corrected chi connectivity index (χ2v) is 6.19. The monoisotopic (exact) mass is 361 g/mol. The van der Waals surface area contributed by atoms with E-state index in [0.717, 1.165) is 25.2 Å². The van der Waals surface area contributed by atoms with E-state index in [4.69, 9.17) is 21.1 Å². The van der Waals surface area contributed by atoms with Crippen LogP contribution in [0.25, 0.3) is 0 Å². The second-order valence-electron chi connectivity index (χ2n) is 5.78. The molecule has 1 aliphatic rings. The van der Waals surface area contributed by atoms with Gasteiger partial charge < -0.3 is 14.4 Å². The van der Waals surface area contributed by atoms with Crippen molar-refractivity contribution in [3.05, 3.63) is 41.7 Å². The number of hydrogen-bond donors (Lipinski definition) is 0. The highest BCUT2D eigenvalue weighted by Gasteiger charge is 2.27. The van der Waals surface area contributed by atoms with Crippen molar-refractivity contribution >= 4 is 23.4 Å². The van der Waals surface area contributed by atoms with Gasteiger partial charge in [-0.15, -0.1) is 0 Å². The number of piperidine rings is 1. The van der Waals surface area contributed by atoms with Crippen LogP contribution < -0.4 is 9.64 Å². The maximum absolute atomic E-state index is 12.0. The molecule has 0 amide bonds. The molecule has 2 heterocycles. The molecule has 1 saturated heterocycles. The second kappa shape index (κ2) is 8.16. The topological polar surface area (TPSA) is 64.5 Å². The minimum atomic E-state index is -0.145. The van der Waals surface area contributed by atoms with Crippen LogP contribution >= 0.6 is 11.6 Å². The van der Waals surface area contributed by atoms with Crippen molar-refractivity contribution < 1.29 is 14.3 Å². The van der Waals surface area contributed by atoms with E-state index < -0.39 is 0 Å². The molecule has 0 saturated carbocycles. The molecule has 1 fully saturated rings. The van der Waals surface area contributed by atoms with Crippen LogP contribution in [0.1, 0.15) is 19.8 Å². The number of carbonyl (C=O) groups is 1. The van der Waals surface area contributed by atoms with Crippen LogP contribution in [-0.2, 0) is 9.53 Å². The van der Waals surface area contributed by atoms with E-state index in [9.17, 15) is 4.79 Å². The van der Waals surface area contributed by atoms with E-state index in [0.29, 0.717) is 29.8 Å². The summed E-state index contributed by atoms with van der Waals surface area (Å²) in [4.78, 5) is 22.5. The molecule has 7 heteroatoms. The van der Waals surface area contributed by atoms with Crippen molar-refractivity contribution in [1.29, 1.82) is 0 Å². The van der Waals surface area contributed by atoms with Gasteiger partial charge in [0.25, 0.3) is 0 Å². The highest BCUT2D eigenvalue weighted by Crippen LogP contribution is 2.30. The molecule has 0 unspecified atom stereocenters. The summed E-state index contributed by atoms with van der Waals surface area (Å²) >= 11 is 6.12. The predicted molar refractivity (Wildman–Crippen MR) is 95.1 cm³/mol. The molecular weight excluding hydrogens is 342 g/mol. The Hall–Kier alpha value is -2.34. The van der Waals surface area contributed by atoms with E-state index in [1.807, 2.05) is 19.1 Å². The summed E-state index contributed by atoms with van der Waals surface area (Å²) < 4.78 is 10.9. The van der Waals surface area contributed by atoms with Crippen LogP contribution in [0, 0.1) is 5.92 Å². The molecule has 6 nitrogen and oxygen atoms in total. The van der Waals surface area contributed by atoms with E-state index in [1.165, 1.54) is 6.33 Å². The first-order chi connectivity index (χ1) is 12.2. The van der Waals surface area contributed by atoms with Gasteiger partial charge in [0.1, 0.15) is 17.9 Å². The van der Waals surface area contributed by atoms with E-state index in [2.05, 4.69) is 14.9 Å². The molecule has 1 atom stereocenters. The molecule has 0 aliphatic carbocycles. The van der Waals surface area contributed by atoms with Crippen molar-refractivity contribution in [3.8, 4) is 11.6 Å². The Balaban J connectivity index is 1.72. The third-order valence-electron chi connectivity index (χ3n) is 4.04. The maximum atomic E-state index is 12.0. The zero-order valence-electron chi connectivity index (χ0n) is 14.0. The fraction of sp³-hybridized carbons (Fsp3) is 0.389. The lowest BCUT2D eigenvalue weighted by molar-refractivity contribution is -0.148. The number of esters is 1. The van der Waals surface area contributed by atoms with Gasteiger partial charge in [-0.1, -0.05) is 23.7 Å². The summed E-state index contributed by atoms with van der Waals surface area (Å²) in [6, 6.07) is 8.98. The number of hydrogen-bond acceptors (Lipinski definition) is 6. The highest BCUT2D eigenvalue weighted by atomic mass is 35.5. The Bertz CT molecular complexity index is 741. The minimum absolute atomic E-state index is 0.128. The van der Waals surface area contributed by atoms with Crippen LogP contribution in [0.3, 0.4) is 0 Å². The number of ether oxygens (including phenoxy) is 2. The zero-order chi connectivity index (χ0) is 17.6. The quantitative estimate of drug-likeness (QED) is 0.756. The Morgan fingerprint density at radius 3 is 3.00 bits per heavy atom. The summed E-state index contributed by atoms with van der Waals surface area (Å²) in [7, 11) is 0. The molecule has 1 aromatic heterocycles. The first-order valence-electron chi connectivity index (χ1n) is 8.33. The minimum Gasteiger partial charge on any atom is -0.466 e. The van der Waals surface area contributed by atoms with Gasteiger partial charge in [0.2, 0.25) is 5.88 Å². The van der Waals surface area contributed by atoms with Crippen LogP contribution in [0.4, 0.5) is 5.82 Å². The lowest BCUT2D eigenvalue weighted by atomic mass is 9.98. The van der Waals surface area contributed by atoms with E-state index >= 15 is 0 Å². The van der Waals surface area contributed by atoms with Crippen molar-refractivity contribution in [2.75, 3.05) is 24.6 Å². The molecule has 0 bridgehead atoms. The summed E-state index contributed by atoms with van der Waals surface area (Å²) in [6.07, 6.45) is 3.20. The van der Waals surface area contributed by atoms with Gasteiger partial charge in [-0.05, 0) is 31.9 Å². The standard InChI is InChI=1S/C18H20ClN3O3/c1-2-24-18(23)13-6-5-9-22(11-13)16-10-17(21-12-20-16)25-15-8-4-3-7-14(15)19/h3-4,7-8,10,12-13H,2,5-6,9,11H2,1H3/t13-/m0/s1. The molecule has 3 rings (SSSR count). The Morgan fingerprint density at radius 2 is 2.20 bits per heavy atom. The number of nitrogens with zero attached hydrogens (tertiary/aromatic N) is 3. The van der Waals surface area contributed by atoms with Gasteiger partial charge in [-0.25, -0.2) is 9.97 Å². The van der Waals surface area contributed by atoms with Gasteiger partial charge in [0.15, 0.2) is 0 Å². The molecule has 0 spiro atoms. The maximum Gasteiger partial charge on any atom is 0.310 e. The predicted octanol–water partition coefficient (Wildman–Crippen LogP) is 3.70. The summed E-state index contributed by atoms with van der Waals surface area (Å²) in [5, 5.41) is 0.517. The lowest BCUT2D eigenvalue weighted by Crippen LogP contribution is -2.39. The summed E-state index contributed by atoms with van der Waals surface area (Å²) in [6.45, 7) is 3.64. The number of para-hydroxylation sites is 1. The number of rotatable bonds is 5. The molecule has 2 aromatic rings. The van der Waals surface area contributed by atoms with Crippen LogP contribution in [0.15, 0.2) is 36.7 Å². The summed E-state index contributed by atoms with van der Waals surface area (Å²) in [5.74, 6) is 1.41. The van der Waals surface area contributed by atoms with Crippen LogP contribution in [0.2, 0.25) is 5.02 Å². The number of anilines is 1. The molecule has 132 valence electrons. The summed E-state index contributed by atoms with van der Waals surface area (Å²) in [5.41, 5.74) is 0. The lowest BCUT2D eigenvalue weighted by Gasteiger charge is -2.32. The van der Waals surface area contributed by atoms with Gasteiger partial charge in [-0.2, -0.15) is 0 Å². The number of halogens is 1. The molecule has 25 heavy (non-hydrogen) atoms. The van der Waals surface area contributed by atoms with Crippen molar-refractivity contribution in [3.63, 3.8) is 0 Å². The van der Waals surface area contributed by atoms with E-state index in [-0.39, 0.29) is 11.9 Å². The Labute approximate surface area is 151 Å². The van der Waals surface area contributed by atoms with Crippen molar-refractivity contribution in [2.24, 2.45) is 5.92 Å². The fourth-order valence-electron chi connectivity index (χ4n) is 2.84.